The third-order valence-electron chi connectivity index (χ3n) is 8.18. The topological polar surface area (TPSA) is 96.3 Å². The zero-order valence-corrected chi connectivity index (χ0v) is 25.7. The average molecular weight is 580 g/mol. The monoisotopic (exact) mass is 579 g/mol. The van der Waals surface area contributed by atoms with Crippen LogP contribution < -0.4 is 9.47 Å². The molecule has 2 aromatic rings. The Labute approximate surface area is 251 Å². The number of aliphatic hydroxyl groups excluding tert-OH is 1. The van der Waals surface area contributed by atoms with Crippen LogP contribution in [0, 0.1) is 0 Å². The highest BCUT2D eigenvalue weighted by molar-refractivity contribution is 6.46. The molecule has 0 aliphatic carbocycles. The van der Waals surface area contributed by atoms with Gasteiger partial charge in [-0.15, -0.1) is 0 Å². The number of amides is 1. The average Bonchev–Trinajstić information content (AvgIpc) is 3.26. The molecule has 230 valence electrons. The van der Waals surface area contributed by atoms with Gasteiger partial charge in [-0.25, -0.2) is 0 Å². The van der Waals surface area contributed by atoms with E-state index in [1.807, 2.05) is 0 Å². The van der Waals surface area contributed by atoms with Crippen molar-refractivity contribution < 1.29 is 29.3 Å². The van der Waals surface area contributed by atoms with Gasteiger partial charge in [-0.2, -0.15) is 0 Å². The van der Waals surface area contributed by atoms with Crippen molar-refractivity contribution in [3.05, 3.63) is 59.2 Å². The third kappa shape index (κ3) is 9.01. The first-order chi connectivity index (χ1) is 20.4. The van der Waals surface area contributed by atoms with Gasteiger partial charge >= 0.3 is 0 Å². The number of phenolic OH excluding ortho intramolecular Hbond substituents is 1. The Morgan fingerprint density at radius 3 is 1.83 bits per heavy atom. The predicted molar refractivity (Wildman–Crippen MR) is 167 cm³/mol. The quantitative estimate of drug-likeness (QED) is 0.0752. The maximum absolute atomic E-state index is 13.3. The molecule has 42 heavy (non-hydrogen) atoms. The first kappa shape index (κ1) is 33.0. The van der Waals surface area contributed by atoms with Gasteiger partial charge in [0.2, 0.25) is 0 Å². The van der Waals surface area contributed by atoms with Crippen LogP contribution >= 0.6 is 0 Å². The Bertz CT molecular complexity index is 1170. The Balaban J connectivity index is 1.61. The number of phenols is 1. The number of Topliss-reactive ketones (excluding diaryl/α,β-unsaturated/α-hetero) is 1. The van der Waals surface area contributed by atoms with Crippen molar-refractivity contribution in [3.63, 3.8) is 0 Å². The number of carbonyl (C=O) groups excluding carboxylic acids is 2. The molecule has 7 nitrogen and oxygen atoms in total. The van der Waals surface area contributed by atoms with Crippen LogP contribution in [0.15, 0.2) is 48.0 Å². The Hall–Kier alpha value is -3.48. The van der Waals surface area contributed by atoms with Crippen LogP contribution in [0.25, 0.3) is 5.76 Å². The van der Waals surface area contributed by atoms with Crippen molar-refractivity contribution in [1.82, 2.24) is 4.90 Å². The van der Waals surface area contributed by atoms with Gasteiger partial charge in [-0.05, 0) is 48.4 Å². The van der Waals surface area contributed by atoms with E-state index in [0.29, 0.717) is 23.4 Å². The molecule has 0 aromatic heterocycles. The van der Waals surface area contributed by atoms with Crippen molar-refractivity contribution >= 4 is 17.4 Å². The normalized spacial score (nSPS) is 16.3. The molecular formula is C35H49NO6. The van der Waals surface area contributed by atoms with E-state index in [4.69, 9.17) is 9.47 Å². The molecule has 1 atom stereocenters. The molecule has 7 heteroatoms. The first-order valence-electron chi connectivity index (χ1n) is 15.7. The molecule has 1 heterocycles. The van der Waals surface area contributed by atoms with E-state index in [1.165, 1.54) is 83.8 Å². The van der Waals surface area contributed by atoms with Gasteiger partial charge in [0.05, 0.1) is 25.8 Å². The molecule has 2 aromatic carbocycles. The fourth-order valence-electron chi connectivity index (χ4n) is 5.70. The predicted octanol–water partition coefficient (Wildman–Crippen LogP) is 8.31. The van der Waals surface area contributed by atoms with E-state index >= 15 is 0 Å². The van der Waals surface area contributed by atoms with E-state index < -0.39 is 17.7 Å². The molecule has 0 spiro atoms. The lowest BCUT2D eigenvalue weighted by atomic mass is 9.95. The zero-order chi connectivity index (χ0) is 30.3. The van der Waals surface area contributed by atoms with Crippen molar-refractivity contribution in [2.75, 3.05) is 20.8 Å². The fourth-order valence-corrected chi connectivity index (χ4v) is 5.70. The van der Waals surface area contributed by atoms with Gasteiger partial charge in [-0.3, -0.25) is 9.59 Å². The van der Waals surface area contributed by atoms with Gasteiger partial charge in [0.25, 0.3) is 11.7 Å². The van der Waals surface area contributed by atoms with Crippen molar-refractivity contribution in [1.29, 1.82) is 0 Å². The van der Waals surface area contributed by atoms with Gasteiger partial charge in [0.15, 0.2) is 11.5 Å². The second-order valence-corrected chi connectivity index (χ2v) is 11.2. The Kier molecular flexibility index (Phi) is 13.7. The molecule has 0 radical (unpaired) electrons. The van der Waals surface area contributed by atoms with Crippen LogP contribution in [0.3, 0.4) is 0 Å². The molecule has 2 N–H and O–H groups in total. The zero-order valence-electron chi connectivity index (χ0n) is 25.7. The number of unbranched alkanes of at least 4 members (excludes halogenated alkanes) is 13. The number of rotatable bonds is 19. The first-order valence-corrected chi connectivity index (χ1v) is 15.7. The van der Waals surface area contributed by atoms with Gasteiger partial charge in [-0.1, -0.05) is 96.5 Å². The number of ether oxygens (including phenoxy) is 2. The largest absolute Gasteiger partial charge is 0.507 e. The standard InChI is InChI=1S/C35H49NO6/c1-4-5-6-7-8-9-10-11-12-13-14-15-16-17-24-36-32(27-20-23-29(37)30(25-27)42-3)31(34(39)35(36)40)33(38)26-18-21-28(41-2)22-19-26/h18-23,25,32,37-38H,4-17,24H2,1-3H3/t32-/m0/s1. The molecule has 1 amide bonds. The van der Waals surface area contributed by atoms with Gasteiger partial charge in [0, 0.05) is 12.1 Å². The van der Waals surface area contributed by atoms with E-state index in [2.05, 4.69) is 6.92 Å². The highest BCUT2D eigenvalue weighted by atomic mass is 16.5. The lowest BCUT2D eigenvalue weighted by Crippen LogP contribution is -2.30. The Morgan fingerprint density at radius 1 is 0.762 bits per heavy atom. The van der Waals surface area contributed by atoms with Crippen molar-refractivity contribution in [2.24, 2.45) is 0 Å². The maximum atomic E-state index is 13.3. The molecule has 0 unspecified atom stereocenters. The fraction of sp³-hybridized carbons (Fsp3) is 0.543. The second-order valence-electron chi connectivity index (χ2n) is 11.2. The maximum Gasteiger partial charge on any atom is 0.295 e. The molecule has 3 rings (SSSR count). The van der Waals surface area contributed by atoms with E-state index in [9.17, 15) is 19.8 Å². The van der Waals surface area contributed by atoms with Crippen molar-refractivity contribution in [2.45, 2.75) is 103 Å². The summed E-state index contributed by atoms with van der Waals surface area (Å²) >= 11 is 0. The number of benzene rings is 2. The van der Waals surface area contributed by atoms with Crippen LogP contribution in [0.4, 0.5) is 0 Å². The molecule has 1 saturated heterocycles. The summed E-state index contributed by atoms with van der Waals surface area (Å²) in [4.78, 5) is 28.1. The molecule has 1 aliphatic heterocycles. The lowest BCUT2D eigenvalue weighted by Gasteiger charge is -2.26. The van der Waals surface area contributed by atoms with E-state index in [1.54, 1.807) is 48.4 Å². The van der Waals surface area contributed by atoms with E-state index in [-0.39, 0.29) is 22.8 Å². The minimum Gasteiger partial charge on any atom is -0.507 e. The van der Waals surface area contributed by atoms with Gasteiger partial charge in [0.1, 0.15) is 11.5 Å². The number of aromatic hydroxyl groups is 1. The third-order valence-corrected chi connectivity index (χ3v) is 8.18. The Morgan fingerprint density at radius 2 is 1.31 bits per heavy atom. The highest BCUT2D eigenvalue weighted by Gasteiger charge is 2.46. The van der Waals surface area contributed by atoms with Crippen LogP contribution in [0.1, 0.15) is 114 Å². The molecule has 0 saturated carbocycles. The summed E-state index contributed by atoms with van der Waals surface area (Å²) in [6.07, 6.45) is 17.3. The van der Waals surface area contributed by atoms with Crippen LogP contribution in [0.2, 0.25) is 0 Å². The second kappa shape index (κ2) is 17.5. The summed E-state index contributed by atoms with van der Waals surface area (Å²) in [5.74, 6) is -0.775. The number of nitrogens with zero attached hydrogens (tertiary/aromatic N) is 1. The SMILES string of the molecule is CCCCCCCCCCCCCCCCN1C(=O)C(=O)C(=C(O)c2ccc(OC)cc2)[C@@H]1c1ccc(O)c(OC)c1. The summed E-state index contributed by atoms with van der Waals surface area (Å²) in [5.41, 5.74) is 1.04. The molecule has 1 fully saturated rings. The molecular weight excluding hydrogens is 530 g/mol. The van der Waals surface area contributed by atoms with Crippen molar-refractivity contribution in [3.8, 4) is 17.2 Å². The van der Waals surface area contributed by atoms with Crippen LogP contribution in [0.5, 0.6) is 17.2 Å². The number of aliphatic hydroxyl groups is 1. The number of ketones is 1. The summed E-state index contributed by atoms with van der Waals surface area (Å²) in [6.45, 7) is 2.65. The minimum atomic E-state index is -0.788. The van der Waals surface area contributed by atoms with E-state index in [0.717, 1.165) is 19.3 Å². The number of likely N-dealkylation sites (tertiary alicyclic amines) is 1. The van der Waals surface area contributed by atoms with Crippen LogP contribution in [-0.2, 0) is 9.59 Å². The minimum absolute atomic E-state index is 0.0308. The summed E-state index contributed by atoms with van der Waals surface area (Å²) in [7, 11) is 3.00. The molecule has 1 aliphatic rings. The van der Waals surface area contributed by atoms with Gasteiger partial charge < -0.3 is 24.6 Å². The number of hydrogen-bond acceptors (Lipinski definition) is 6. The summed E-state index contributed by atoms with van der Waals surface area (Å²) < 4.78 is 10.5. The number of hydrogen-bond donors (Lipinski definition) is 2. The lowest BCUT2D eigenvalue weighted by molar-refractivity contribution is -0.139. The number of methoxy groups -OCH3 is 2. The van der Waals surface area contributed by atoms with Crippen LogP contribution in [-0.4, -0.2) is 47.6 Å². The smallest absolute Gasteiger partial charge is 0.295 e. The highest BCUT2D eigenvalue weighted by Crippen LogP contribution is 2.42. The summed E-state index contributed by atoms with van der Waals surface area (Å²) in [6, 6.07) is 10.7. The molecule has 0 bridgehead atoms. The summed E-state index contributed by atoms with van der Waals surface area (Å²) in [5, 5.41) is 21.4. The number of carbonyl (C=O) groups is 2.